The Bertz CT molecular complexity index is 419. The van der Waals surface area contributed by atoms with Gasteiger partial charge >= 0.3 is 0 Å². The summed E-state index contributed by atoms with van der Waals surface area (Å²) in [5.41, 5.74) is 1.46. The maximum absolute atomic E-state index is 11.9. The summed E-state index contributed by atoms with van der Waals surface area (Å²) in [5.74, 6) is 0.885. The largest absolute Gasteiger partial charge is 0.381 e. The van der Waals surface area contributed by atoms with Crippen LogP contribution in [0.4, 0.5) is 0 Å². The monoisotopic (exact) mass is 279 g/mol. The van der Waals surface area contributed by atoms with Gasteiger partial charge in [0.1, 0.15) is 0 Å². The molecule has 0 unspecified atom stereocenters. The van der Waals surface area contributed by atoms with Crippen molar-refractivity contribution < 1.29 is 9.53 Å². The molecule has 2 heterocycles. The zero-order valence-electron chi connectivity index (χ0n) is 11.2. The highest BCUT2D eigenvalue weighted by Crippen LogP contribution is 2.36. The van der Waals surface area contributed by atoms with E-state index in [2.05, 4.69) is 22.1 Å². The molecule has 0 spiro atoms. The lowest BCUT2D eigenvalue weighted by molar-refractivity contribution is -0.121. The predicted molar refractivity (Wildman–Crippen MR) is 76.4 cm³/mol. The molecular formula is C15H21NO2S. The lowest BCUT2D eigenvalue weighted by Crippen LogP contribution is -2.44. The van der Waals surface area contributed by atoms with Gasteiger partial charge in [0, 0.05) is 31.6 Å². The first kappa shape index (κ1) is 13.1. The summed E-state index contributed by atoms with van der Waals surface area (Å²) >= 11 is 1.73. The fraction of sp³-hybridized carbons (Fsp3) is 0.667. The van der Waals surface area contributed by atoms with Gasteiger partial charge in [-0.3, -0.25) is 4.79 Å². The quantitative estimate of drug-likeness (QED) is 0.900. The van der Waals surface area contributed by atoms with Crippen LogP contribution in [0.15, 0.2) is 16.8 Å². The van der Waals surface area contributed by atoms with Crippen molar-refractivity contribution in [2.24, 2.45) is 5.92 Å². The van der Waals surface area contributed by atoms with E-state index in [4.69, 9.17) is 4.74 Å². The molecular weight excluding hydrogens is 258 g/mol. The van der Waals surface area contributed by atoms with Gasteiger partial charge in [0.15, 0.2) is 0 Å². The van der Waals surface area contributed by atoms with E-state index in [-0.39, 0.29) is 11.3 Å². The molecule has 3 nitrogen and oxygen atoms in total. The Balaban J connectivity index is 1.63. The number of hydrogen-bond donors (Lipinski definition) is 1. The molecule has 0 aromatic carbocycles. The van der Waals surface area contributed by atoms with Crippen molar-refractivity contribution in [2.45, 2.75) is 37.5 Å². The summed E-state index contributed by atoms with van der Waals surface area (Å²) in [6.07, 6.45) is 5.20. The number of nitrogens with one attached hydrogen (secondary N) is 1. The first-order valence-electron chi connectivity index (χ1n) is 7.16. The molecule has 1 amide bonds. The van der Waals surface area contributed by atoms with Gasteiger partial charge in [0.25, 0.3) is 0 Å². The van der Waals surface area contributed by atoms with Crippen LogP contribution >= 0.6 is 11.3 Å². The molecule has 1 aromatic heterocycles. The first-order valence-corrected chi connectivity index (χ1v) is 8.10. The van der Waals surface area contributed by atoms with Crippen LogP contribution < -0.4 is 5.32 Å². The fourth-order valence-corrected chi connectivity index (χ4v) is 3.60. The Morgan fingerprint density at radius 2 is 2.21 bits per heavy atom. The average molecular weight is 279 g/mol. The smallest absolute Gasteiger partial charge is 0.220 e. The van der Waals surface area contributed by atoms with Crippen molar-refractivity contribution in [3.63, 3.8) is 0 Å². The Morgan fingerprint density at radius 3 is 2.84 bits per heavy atom. The maximum atomic E-state index is 11.9. The molecule has 0 bridgehead atoms. The average Bonchev–Trinajstić information content (AvgIpc) is 3.07. The van der Waals surface area contributed by atoms with Gasteiger partial charge < -0.3 is 10.1 Å². The molecule has 2 fully saturated rings. The van der Waals surface area contributed by atoms with Crippen LogP contribution in [0.3, 0.4) is 0 Å². The van der Waals surface area contributed by atoms with E-state index in [1.165, 1.54) is 18.4 Å². The number of hydrogen-bond acceptors (Lipinski definition) is 3. The Labute approximate surface area is 118 Å². The van der Waals surface area contributed by atoms with Crippen molar-refractivity contribution in [2.75, 3.05) is 19.8 Å². The van der Waals surface area contributed by atoms with Crippen LogP contribution in [0.25, 0.3) is 0 Å². The van der Waals surface area contributed by atoms with Crippen LogP contribution in [-0.4, -0.2) is 25.7 Å². The van der Waals surface area contributed by atoms with E-state index in [9.17, 15) is 4.79 Å². The summed E-state index contributed by atoms with van der Waals surface area (Å²) in [6.45, 7) is 2.36. The van der Waals surface area contributed by atoms with E-state index in [0.29, 0.717) is 5.92 Å². The molecule has 0 atom stereocenters. The molecule has 19 heavy (non-hydrogen) atoms. The summed E-state index contributed by atoms with van der Waals surface area (Å²) in [7, 11) is 0. The minimum Gasteiger partial charge on any atom is -0.381 e. The van der Waals surface area contributed by atoms with Crippen LogP contribution in [0.1, 0.15) is 37.7 Å². The van der Waals surface area contributed by atoms with Crippen LogP contribution in [-0.2, 0) is 14.9 Å². The summed E-state index contributed by atoms with van der Waals surface area (Å²) in [5, 5.41) is 7.51. The highest BCUT2D eigenvalue weighted by Gasteiger charge is 2.35. The molecule has 0 radical (unpaired) electrons. The summed E-state index contributed by atoms with van der Waals surface area (Å²) < 4.78 is 5.49. The second-order valence-corrected chi connectivity index (χ2v) is 6.61. The lowest BCUT2D eigenvalue weighted by atomic mass is 9.75. The van der Waals surface area contributed by atoms with Crippen LogP contribution in [0.5, 0.6) is 0 Å². The van der Waals surface area contributed by atoms with Gasteiger partial charge in [-0.2, -0.15) is 11.3 Å². The normalized spacial score (nSPS) is 22.1. The van der Waals surface area contributed by atoms with Crippen LogP contribution in [0.2, 0.25) is 0 Å². The number of thiophene rings is 1. The molecule has 1 aromatic rings. The molecule has 1 saturated heterocycles. The minimum absolute atomic E-state index is 0.0947. The highest BCUT2D eigenvalue weighted by molar-refractivity contribution is 7.08. The van der Waals surface area contributed by atoms with E-state index >= 15 is 0 Å². The van der Waals surface area contributed by atoms with Crippen molar-refractivity contribution in [3.05, 3.63) is 22.4 Å². The standard InChI is InChI=1S/C15H21NO2S/c17-14(9-12-1-2-12)16-11-15(4-6-18-7-5-15)13-3-8-19-10-13/h3,8,10,12H,1-2,4-7,9,11H2,(H,16,17). The third-order valence-corrected chi connectivity index (χ3v) is 5.06. The first-order chi connectivity index (χ1) is 9.28. The highest BCUT2D eigenvalue weighted by atomic mass is 32.1. The molecule has 3 rings (SSSR count). The van der Waals surface area contributed by atoms with E-state index in [1.807, 2.05) is 0 Å². The van der Waals surface area contributed by atoms with Gasteiger partial charge in [-0.05, 0) is 54.0 Å². The maximum Gasteiger partial charge on any atom is 0.220 e. The Kier molecular flexibility index (Phi) is 3.89. The molecule has 1 N–H and O–H groups in total. The zero-order chi connectivity index (χ0) is 13.1. The second kappa shape index (κ2) is 5.63. The van der Waals surface area contributed by atoms with E-state index in [1.54, 1.807) is 11.3 Å². The van der Waals surface area contributed by atoms with Gasteiger partial charge in [-0.1, -0.05) is 0 Å². The number of carbonyl (C=O) groups is 1. The minimum atomic E-state index is 0.0947. The molecule has 2 aliphatic rings. The fourth-order valence-electron chi connectivity index (χ4n) is 2.82. The molecule has 4 heteroatoms. The van der Waals surface area contributed by atoms with E-state index in [0.717, 1.165) is 39.0 Å². The SMILES string of the molecule is O=C(CC1CC1)NCC1(c2ccsc2)CCOCC1. The zero-order valence-corrected chi connectivity index (χ0v) is 12.0. The van der Waals surface area contributed by atoms with Gasteiger partial charge in [-0.15, -0.1) is 0 Å². The Hall–Kier alpha value is -0.870. The van der Waals surface area contributed by atoms with Crippen LogP contribution in [0, 0.1) is 5.92 Å². The van der Waals surface area contributed by atoms with Gasteiger partial charge in [0.05, 0.1) is 0 Å². The lowest BCUT2D eigenvalue weighted by Gasteiger charge is -2.37. The van der Waals surface area contributed by atoms with Crippen molar-refractivity contribution in [1.82, 2.24) is 5.32 Å². The number of amides is 1. The van der Waals surface area contributed by atoms with Crippen molar-refractivity contribution in [1.29, 1.82) is 0 Å². The predicted octanol–water partition coefficient (Wildman–Crippen LogP) is 2.71. The third-order valence-electron chi connectivity index (χ3n) is 4.38. The number of carbonyl (C=O) groups excluding carboxylic acids is 1. The molecule has 1 aliphatic heterocycles. The van der Waals surface area contributed by atoms with Gasteiger partial charge in [-0.25, -0.2) is 0 Å². The molecule has 1 saturated carbocycles. The number of rotatable bonds is 5. The van der Waals surface area contributed by atoms with Crippen molar-refractivity contribution in [3.8, 4) is 0 Å². The third kappa shape index (κ3) is 3.18. The number of ether oxygens (including phenoxy) is 1. The summed E-state index contributed by atoms with van der Waals surface area (Å²) in [4.78, 5) is 11.9. The topological polar surface area (TPSA) is 38.3 Å². The second-order valence-electron chi connectivity index (χ2n) is 5.83. The van der Waals surface area contributed by atoms with E-state index < -0.39 is 0 Å². The van der Waals surface area contributed by atoms with Crippen molar-refractivity contribution >= 4 is 17.2 Å². The molecule has 1 aliphatic carbocycles. The molecule has 104 valence electrons. The summed E-state index contributed by atoms with van der Waals surface area (Å²) in [6, 6.07) is 2.20. The Morgan fingerprint density at radius 1 is 1.42 bits per heavy atom. The van der Waals surface area contributed by atoms with Gasteiger partial charge in [0.2, 0.25) is 5.91 Å².